The molecule has 2 aliphatic rings. The van der Waals surface area contributed by atoms with Crippen LogP contribution in [-0.2, 0) is 16.1 Å². The van der Waals surface area contributed by atoms with Crippen LogP contribution < -0.4 is 10.5 Å². The third-order valence-corrected chi connectivity index (χ3v) is 6.11. The standard InChI is InChI=1S/C19H28N2O4S/c1-14-10-15(12-21-6-7-24-16(11-20)13-21)2-3-17(14)25-19(18(22)23)4-8-26-9-5-19/h2-3,10,16H,4-9,11-13,20H2,1H3,(H,22,23). The molecule has 1 unspecified atom stereocenters. The zero-order chi connectivity index (χ0) is 18.6. The molecule has 7 heteroatoms. The van der Waals surface area contributed by atoms with Crippen LogP contribution in [0, 0.1) is 6.92 Å². The summed E-state index contributed by atoms with van der Waals surface area (Å²) >= 11 is 1.79. The minimum atomic E-state index is -1.09. The fourth-order valence-corrected chi connectivity index (χ4v) is 4.67. The maximum Gasteiger partial charge on any atom is 0.348 e. The second kappa shape index (κ2) is 8.61. The van der Waals surface area contributed by atoms with E-state index in [9.17, 15) is 9.90 Å². The Kier molecular flexibility index (Phi) is 6.45. The van der Waals surface area contributed by atoms with E-state index in [0.29, 0.717) is 31.7 Å². The van der Waals surface area contributed by atoms with E-state index in [1.165, 1.54) is 5.56 Å². The number of aryl methyl sites for hydroxylation is 1. The van der Waals surface area contributed by atoms with E-state index in [4.69, 9.17) is 15.2 Å². The number of carboxylic acid groups (broad SMARTS) is 1. The Morgan fingerprint density at radius 1 is 1.46 bits per heavy atom. The lowest BCUT2D eigenvalue weighted by Gasteiger charge is -2.34. The normalized spacial score (nSPS) is 23.5. The second-order valence-corrected chi connectivity index (χ2v) is 8.30. The van der Waals surface area contributed by atoms with E-state index < -0.39 is 11.6 Å². The number of hydrogen-bond donors (Lipinski definition) is 2. The smallest absolute Gasteiger partial charge is 0.348 e. The highest BCUT2D eigenvalue weighted by Gasteiger charge is 2.42. The monoisotopic (exact) mass is 380 g/mol. The molecule has 0 aliphatic carbocycles. The van der Waals surface area contributed by atoms with E-state index >= 15 is 0 Å². The van der Waals surface area contributed by atoms with Crippen LogP contribution in [0.2, 0.25) is 0 Å². The molecule has 0 radical (unpaired) electrons. The van der Waals surface area contributed by atoms with Crippen LogP contribution in [0.1, 0.15) is 24.0 Å². The Morgan fingerprint density at radius 3 is 2.88 bits per heavy atom. The van der Waals surface area contributed by atoms with Gasteiger partial charge < -0.3 is 20.3 Å². The summed E-state index contributed by atoms with van der Waals surface area (Å²) in [5, 5.41) is 9.70. The number of nitrogens with two attached hydrogens (primary N) is 1. The van der Waals surface area contributed by atoms with Crippen molar-refractivity contribution in [2.24, 2.45) is 5.73 Å². The van der Waals surface area contributed by atoms with Gasteiger partial charge in [0.05, 0.1) is 12.7 Å². The molecule has 2 aliphatic heterocycles. The molecule has 3 N–H and O–H groups in total. The molecule has 0 bridgehead atoms. The van der Waals surface area contributed by atoms with Crippen LogP contribution in [0.25, 0.3) is 0 Å². The number of thioether (sulfide) groups is 1. The first kappa shape index (κ1) is 19.5. The summed E-state index contributed by atoms with van der Waals surface area (Å²) < 4.78 is 11.7. The van der Waals surface area contributed by atoms with Crippen molar-refractivity contribution in [3.8, 4) is 5.75 Å². The Hall–Kier alpha value is -1.28. The summed E-state index contributed by atoms with van der Waals surface area (Å²) in [6.45, 7) is 5.80. The van der Waals surface area contributed by atoms with Gasteiger partial charge >= 0.3 is 5.97 Å². The Labute approximate surface area is 159 Å². The molecule has 1 aromatic carbocycles. The SMILES string of the molecule is Cc1cc(CN2CCOC(CN)C2)ccc1OC1(C(=O)O)CCSCC1. The number of nitrogens with zero attached hydrogens (tertiary/aromatic N) is 1. The summed E-state index contributed by atoms with van der Waals surface area (Å²) in [5.41, 5.74) is 6.79. The zero-order valence-electron chi connectivity index (χ0n) is 15.3. The number of aliphatic carboxylic acids is 1. The molecule has 26 heavy (non-hydrogen) atoms. The van der Waals surface area contributed by atoms with Crippen LogP contribution in [-0.4, -0.2) is 65.4 Å². The van der Waals surface area contributed by atoms with E-state index in [-0.39, 0.29) is 6.10 Å². The number of carbonyl (C=O) groups is 1. The van der Waals surface area contributed by atoms with Gasteiger partial charge in [-0.15, -0.1) is 0 Å². The number of benzene rings is 1. The Morgan fingerprint density at radius 2 is 2.23 bits per heavy atom. The minimum Gasteiger partial charge on any atom is -0.478 e. The molecule has 3 rings (SSSR count). The third kappa shape index (κ3) is 4.52. The molecule has 1 aromatic rings. The molecular weight excluding hydrogens is 352 g/mol. The first-order chi connectivity index (χ1) is 12.5. The van der Waals surface area contributed by atoms with Crippen LogP contribution >= 0.6 is 11.8 Å². The molecule has 6 nitrogen and oxygen atoms in total. The summed E-state index contributed by atoms with van der Waals surface area (Å²) in [7, 11) is 0. The second-order valence-electron chi connectivity index (χ2n) is 7.08. The molecule has 2 saturated heterocycles. The van der Waals surface area contributed by atoms with Gasteiger partial charge in [-0.25, -0.2) is 4.79 Å². The number of hydrogen-bond acceptors (Lipinski definition) is 6. The fraction of sp³-hybridized carbons (Fsp3) is 0.632. The van der Waals surface area contributed by atoms with E-state index in [1.807, 2.05) is 19.1 Å². The largest absolute Gasteiger partial charge is 0.478 e. The molecule has 0 spiro atoms. The third-order valence-electron chi connectivity index (χ3n) is 5.13. The number of carboxylic acids is 1. The summed E-state index contributed by atoms with van der Waals surface area (Å²) in [4.78, 5) is 14.2. The van der Waals surface area contributed by atoms with Gasteiger partial charge in [0, 0.05) is 39.0 Å². The van der Waals surface area contributed by atoms with Gasteiger partial charge in [0.25, 0.3) is 0 Å². The lowest BCUT2D eigenvalue weighted by Crippen LogP contribution is -2.47. The van der Waals surface area contributed by atoms with Crippen molar-refractivity contribution in [3.63, 3.8) is 0 Å². The van der Waals surface area contributed by atoms with Gasteiger partial charge in [0.2, 0.25) is 5.60 Å². The fourth-order valence-electron chi connectivity index (χ4n) is 3.52. The van der Waals surface area contributed by atoms with Crippen molar-refractivity contribution in [2.45, 2.75) is 38.0 Å². The first-order valence-corrected chi connectivity index (χ1v) is 10.3. The van der Waals surface area contributed by atoms with Crippen LogP contribution in [0.3, 0.4) is 0 Å². The van der Waals surface area contributed by atoms with Crippen LogP contribution in [0.5, 0.6) is 5.75 Å². The van der Waals surface area contributed by atoms with Crippen molar-refractivity contribution >= 4 is 17.7 Å². The molecule has 0 aromatic heterocycles. The number of rotatable bonds is 6. The van der Waals surface area contributed by atoms with Gasteiger partial charge in [-0.2, -0.15) is 11.8 Å². The predicted octanol–water partition coefficient (Wildman–Crippen LogP) is 1.88. The van der Waals surface area contributed by atoms with Crippen molar-refractivity contribution in [1.82, 2.24) is 4.90 Å². The van der Waals surface area contributed by atoms with Gasteiger partial charge in [0.1, 0.15) is 5.75 Å². The lowest BCUT2D eigenvalue weighted by molar-refractivity contribution is -0.156. The van der Waals surface area contributed by atoms with Gasteiger partial charge in [-0.05, 0) is 35.6 Å². The average molecular weight is 381 g/mol. The topological polar surface area (TPSA) is 85.0 Å². The molecule has 1 atom stereocenters. The molecule has 0 amide bonds. The van der Waals surface area contributed by atoms with Crippen molar-refractivity contribution < 1.29 is 19.4 Å². The minimum absolute atomic E-state index is 0.104. The zero-order valence-corrected chi connectivity index (χ0v) is 16.1. The highest BCUT2D eigenvalue weighted by atomic mass is 32.2. The predicted molar refractivity (Wildman–Crippen MR) is 103 cm³/mol. The molecule has 2 heterocycles. The van der Waals surface area contributed by atoms with E-state index in [2.05, 4.69) is 11.0 Å². The van der Waals surface area contributed by atoms with Crippen molar-refractivity contribution in [2.75, 3.05) is 37.7 Å². The van der Waals surface area contributed by atoms with Gasteiger partial charge in [-0.3, -0.25) is 4.90 Å². The summed E-state index contributed by atoms with van der Waals surface area (Å²) in [5.74, 6) is 1.46. The van der Waals surface area contributed by atoms with Gasteiger partial charge in [0.15, 0.2) is 0 Å². The average Bonchev–Trinajstić information content (AvgIpc) is 2.65. The Bertz CT molecular complexity index is 634. The maximum atomic E-state index is 11.8. The van der Waals surface area contributed by atoms with Crippen LogP contribution in [0.15, 0.2) is 18.2 Å². The summed E-state index contributed by atoms with van der Waals surface area (Å²) in [6, 6.07) is 6.04. The summed E-state index contributed by atoms with van der Waals surface area (Å²) in [6.07, 6.45) is 1.19. The molecular formula is C19H28N2O4S. The van der Waals surface area contributed by atoms with E-state index in [0.717, 1.165) is 36.7 Å². The molecule has 2 fully saturated rings. The van der Waals surface area contributed by atoms with Gasteiger partial charge in [-0.1, -0.05) is 12.1 Å². The van der Waals surface area contributed by atoms with Crippen molar-refractivity contribution in [1.29, 1.82) is 0 Å². The molecule has 144 valence electrons. The lowest BCUT2D eigenvalue weighted by atomic mass is 9.96. The Balaban J connectivity index is 1.68. The molecule has 0 saturated carbocycles. The number of morpholine rings is 1. The quantitative estimate of drug-likeness (QED) is 0.779. The maximum absolute atomic E-state index is 11.8. The van der Waals surface area contributed by atoms with Crippen LogP contribution in [0.4, 0.5) is 0 Å². The number of ether oxygens (including phenoxy) is 2. The van der Waals surface area contributed by atoms with E-state index in [1.54, 1.807) is 11.8 Å². The van der Waals surface area contributed by atoms with Crippen molar-refractivity contribution in [3.05, 3.63) is 29.3 Å². The highest BCUT2D eigenvalue weighted by molar-refractivity contribution is 7.99. The first-order valence-electron chi connectivity index (χ1n) is 9.16. The highest BCUT2D eigenvalue weighted by Crippen LogP contribution is 2.34.